The molecule has 0 aliphatic heterocycles. The molecule has 0 spiro atoms. The van der Waals surface area contributed by atoms with Gasteiger partial charge in [0.1, 0.15) is 0 Å². The second-order valence-corrected chi connectivity index (χ2v) is 7.98. The van der Waals surface area contributed by atoms with Gasteiger partial charge in [0, 0.05) is 0 Å². The fraction of sp³-hybridized carbons (Fsp3) is 0.500. The highest BCUT2D eigenvalue weighted by molar-refractivity contribution is 5.39. The smallest absolute Gasteiger partial charge is 0.403 e. The summed E-state index contributed by atoms with van der Waals surface area (Å²) in [6.45, 7) is 2.20. The maximum atomic E-state index is 14.4. The number of halogens is 4. The summed E-state index contributed by atoms with van der Waals surface area (Å²) in [6.07, 6.45) is 3.86. The van der Waals surface area contributed by atoms with Gasteiger partial charge in [-0.1, -0.05) is 50.1 Å². The first-order valence-corrected chi connectivity index (χ1v) is 10.5. The summed E-state index contributed by atoms with van der Waals surface area (Å²) in [5.41, 5.74) is 3.86. The van der Waals surface area contributed by atoms with E-state index in [0.717, 1.165) is 37.3 Å². The molecule has 3 rings (SSSR count). The number of alkyl halides is 3. The maximum Gasteiger partial charge on any atom is 0.573 e. The van der Waals surface area contributed by atoms with Crippen LogP contribution in [0.4, 0.5) is 17.6 Å². The Morgan fingerprint density at radius 3 is 2.31 bits per heavy atom. The molecule has 29 heavy (non-hydrogen) atoms. The van der Waals surface area contributed by atoms with E-state index in [-0.39, 0.29) is 0 Å². The van der Waals surface area contributed by atoms with E-state index in [1.54, 1.807) is 6.07 Å². The number of rotatable bonds is 8. The zero-order valence-corrected chi connectivity index (χ0v) is 16.8. The van der Waals surface area contributed by atoms with Crippen molar-refractivity contribution in [2.24, 2.45) is 5.92 Å². The largest absolute Gasteiger partial charge is 0.573 e. The van der Waals surface area contributed by atoms with Crippen LogP contribution < -0.4 is 4.74 Å². The van der Waals surface area contributed by atoms with Gasteiger partial charge in [-0.15, -0.1) is 13.2 Å². The summed E-state index contributed by atoms with van der Waals surface area (Å²) in [5.74, 6) is -1.17. The van der Waals surface area contributed by atoms with Crippen LogP contribution in [0.2, 0.25) is 0 Å². The first-order chi connectivity index (χ1) is 13.9. The standard InChI is InChI=1S/C24H28F4O/c1-2-3-4-5-17-6-8-18(9-7-17)10-11-19-12-14-21-20(16-19)13-15-22(23(21)25)29-24(26,27)28/h6-9,13,15,19H,2-5,10-12,14,16H2,1H3. The van der Waals surface area contributed by atoms with Crippen molar-refractivity contribution >= 4 is 0 Å². The molecule has 5 heteroatoms. The van der Waals surface area contributed by atoms with Crippen LogP contribution >= 0.6 is 0 Å². The van der Waals surface area contributed by atoms with E-state index in [1.165, 1.54) is 30.4 Å². The third-order valence-corrected chi connectivity index (χ3v) is 5.77. The first-order valence-electron chi connectivity index (χ1n) is 10.5. The lowest BCUT2D eigenvalue weighted by Gasteiger charge is -2.26. The number of ether oxygens (including phenoxy) is 1. The van der Waals surface area contributed by atoms with Gasteiger partial charge in [0.2, 0.25) is 0 Å². The van der Waals surface area contributed by atoms with E-state index >= 15 is 0 Å². The Bertz CT molecular complexity index is 796. The molecular weight excluding hydrogens is 380 g/mol. The van der Waals surface area contributed by atoms with E-state index in [4.69, 9.17) is 0 Å². The van der Waals surface area contributed by atoms with Gasteiger partial charge in [-0.3, -0.25) is 0 Å². The molecule has 0 N–H and O–H groups in total. The molecule has 2 aromatic carbocycles. The molecule has 158 valence electrons. The molecule has 0 saturated heterocycles. The molecule has 0 bridgehead atoms. The molecule has 2 aromatic rings. The second-order valence-electron chi connectivity index (χ2n) is 7.98. The fourth-order valence-corrected chi connectivity index (χ4v) is 4.14. The number of hydrogen-bond donors (Lipinski definition) is 0. The Morgan fingerprint density at radius 1 is 0.966 bits per heavy atom. The van der Waals surface area contributed by atoms with Gasteiger partial charge < -0.3 is 4.74 Å². The summed E-state index contributed by atoms with van der Waals surface area (Å²) in [7, 11) is 0. The lowest BCUT2D eigenvalue weighted by molar-refractivity contribution is -0.275. The molecule has 0 aromatic heterocycles. The average molecular weight is 408 g/mol. The monoisotopic (exact) mass is 408 g/mol. The topological polar surface area (TPSA) is 9.23 Å². The van der Waals surface area contributed by atoms with Gasteiger partial charge >= 0.3 is 6.36 Å². The maximum absolute atomic E-state index is 14.4. The Morgan fingerprint density at radius 2 is 1.66 bits per heavy atom. The molecule has 0 fully saturated rings. The Kier molecular flexibility index (Phi) is 7.20. The van der Waals surface area contributed by atoms with Gasteiger partial charge in [-0.2, -0.15) is 0 Å². The molecule has 0 amide bonds. The van der Waals surface area contributed by atoms with Crippen LogP contribution in [0.3, 0.4) is 0 Å². The van der Waals surface area contributed by atoms with E-state index in [1.807, 2.05) is 0 Å². The molecular formula is C24H28F4O. The highest BCUT2D eigenvalue weighted by atomic mass is 19.4. The Labute approximate surface area is 170 Å². The van der Waals surface area contributed by atoms with Crippen LogP contribution in [0.5, 0.6) is 5.75 Å². The van der Waals surface area contributed by atoms with E-state index in [2.05, 4.69) is 35.9 Å². The van der Waals surface area contributed by atoms with E-state index in [0.29, 0.717) is 24.3 Å². The number of hydrogen-bond acceptors (Lipinski definition) is 1. The SMILES string of the molecule is CCCCCc1ccc(CCC2CCc3c(ccc(OC(F)(F)F)c3F)C2)cc1. The summed E-state index contributed by atoms with van der Waals surface area (Å²) < 4.78 is 55.4. The summed E-state index contributed by atoms with van der Waals surface area (Å²) in [6, 6.07) is 11.5. The van der Waals surface area contributed by atoms with Crippen LogP contribution in [0.1, 0.15) is 61.3 Å². The molecule has 0 saturated carbocycles. The van der Waals surface area contributed by atoms with Gasteiger partial charge in [0.15, 0.2) is 11.6 Å². The van der Waals surface area contributed by atoms with Crippen LogP contribution in [0.25, 0.3) is 0 Å². The lowest BCUT2D eigenvalue weighted by atomic mass is 9.80. The summed E-state index contributed by atoms with van der Waals surface area (Å²) in [4.78, 5) is 0. The van der Waals surface area contributed by atoms with Gasteiger partial charge in [-0.25, -0.2) is 4.39 Å². The van der Waals surface area contributed by atoms with Crippen LogP contribution in [0, 0.1) is 11.7 Å². The van der Waals surface area contributed by atoms with Crippen molar-refractivity contribution < 1.29 is 22.3 Å². The third-order valence-electron chi connectivity index (χ3n) is 5.77. The van der Waals surface area contributed by atoms with Gasteiger partial charge in [0.05, 0.1) is 0 Å². The summed E-state index contributed by atoms with van der Waals surface area (Å²) in [5, 5.41) is 0. The lowest BCUT2D eigenvalue weighted by Crippen LogP contribution is -2.20. The van der Waals surface area contributed by atoms with Crippen molar-refractivity contribution in [1.29, 1.82) is 0 Å². The van der Waals surface area contributed by atoms with Crippen molar-refractivity contribution in [2.75, 3.05) is 0 Å². The predicted octanol–water partition coefficient (Wildman–Crippen LogP) is 7.19. The molecule has 1 nitrogen and oxygen atoms in total. The molecule has 0 heterocycles. The predicted molar refractivity (Wildman–Crippen MR) is 107 cm³/mol. The third kappa shape index (κ3) is 6.22. The second kappa shape index (κ2) is 9.64. The van der Waals surface area contributed by atoms with Crippen molar-refractivity contribution in [1.82, 2.24) is 0 Å². The zero-order chi connectivity index (χ0) is 20.9. The minimum Gasteiger partial charge on any atom is -0.403 e. The molecule has 1 aliphatic rings. The van der Waals surface area contributed by atoms with Crippen LogP contribution in [-0.2, 0) is 25.7 Å². The van der Waals surface area contributed by atoms with Crippen molar-refractivity contribution in [3.63, 3.8) is 0 Å². The highest BCUT2D eigenvalue weighted by Crippen LogP contribution is 2.35. The number of fused-ring (bicyclic) bond motifs is 1. The molecule has 1 aliphatic carbocycles. The zero-order valence-electron chi connectivity index (χ0n) is 16.8. The number of unbranched alkanes of at least 4 members (excludes halogenated alkanes) is 2. The minimum atomic E-state index is -4.88. The van der Waals surface area contributed by atoms with Crippen LogP contribution in [0.15, 0.2) is 36.4 Å². The van der Waals surface area contributed by atoms with E-state index < -0.39 is 17.9 Å². The van der Waals surface area contributed by atoms with Crippen molar-refractivity contribution in [3.8, 4) is 5.75 Å². The summed E-state index contributed by atoms with van der Waals surface area (Å²) >= 11 is 0. The Balaban J connectivity index is 1.54. The molecule has 1 atom stereocenters. The first kappa shape index (κ1) is 21.7. The van der Waals surface area contributed by atoms with Crippen LogP contribution in [-0.4, -0.2) is 6.36 Å². The normalized spacial score (nSPS) is 16.5. The van der Waals surface area contributed by atoms with Crippen molar-refractivity contribution in [2.45, 2.75) is 71.1 Å². The van der Waals surface area contributed by atoms with Crippen molar-refractivity contribution in [3.05, 3.63) is 64.5 Å². The Hall–Kier alpha value is -2.04. The number of aryl methyl sites for hydroxylation is 2. The number of benzene rings is 2. The highest BCUT2D eigenvalue weighted by Gasteiger charge is 2.33. The minimum absolute atomic E-state index is 0.374. The van der Waals surface area contributed by atoms with E-state index in [9.17, 15) is 17.6 Å². The molecule has 1 unspecified atom stereocenters. The quantitative estimate of drug-likeness (QED) is 0.332. The molecule has 0 radical (unpaired) electrons. The van der Waals surface area contributed by atoms with Gasteiger partial charge in [0.25, 0.3) is 0 Å². The average Bonchev–Trinajstić information content (AvgIpc) is 2.69. The fourth-order valence-electron chi connectivity index (χ4n) is 4.14. The van der Waals surface area contributed by atoms with Gasteiger partial charge in [-0.05, 0) is 79.2 Å².